The predicted molar refractivity (Wildman–Crippen MR) is 71.4 cm³/mol. The minimum absolute atomic E-state index is 0.0936. The van der Waals surface area contributed by atoms with E-state index in [2.05, 4.69) is 28.6 Å². The Morgan fingerprint density at radius 1 is 1.22 bits per heavy atom. The fourth-order valence-corrected chi connectivity index (χ4v) is 3.33. The summed E-state index contributed by atoms with van der Waals surface area (Å²) in [5, 5.41) is 8.82. The van der Waals surface area contributed by atoms with Crippen molar-refractivity contribution in [2.75, 3.05) is 6.54 Å². The minimum Gasteiger partial charge on any atom is -0.329 e. The van der Waals surface area contributed by atoms with E-state index in [4.69, 9.17) is 5.73 Å². The summed E-state index contributed by atoms with van der Waals surface area (Å²) in [5.74, 6) is 3.08. The first-order valence-corrected chi connectivity index (χ1v) is 7.28. The number of nitrogens with two attached hydrogens (primary N) is 1. The highest BCUT2D eigenvalue weighted by Crippen LogP contribution is 2.44. The Morgan fingerprint density at radius 3 is 2.44 bits per heavy atom. The topological polar surface area (TPSA) is 56.7 Å². The first-order valence-electron chi connectivity index (χ1n) is 7.28. The van der Waals surface area contributed by atoms with E-state index < -0.39 is 0 Å². The third-order valence-electron chi connectivity index (χ3n) is 4.87. The van der Waals surface area contributed by atoms with Gasteiger partial charge >= 0.3 is 0 Å². The number of hydrogen-bond acceptors (Lipinski definition) is 3. The summed E-state index contributed by atoms with van der Waals surface area (Å²) in [6.45, 7) is 5.13. The Balaban J connectivity index is 1.96. The summed E-state index contributed by atoms with van der Waals surface area (Å²) >= 11 is 0. The van der Waals surface area contributed by atoms with Crippen LogP contribution in [0.3, 0.4) is 0 Å². The minimum atomic E-state index is 0.0936. The third-order valence-corrected chi connectivity index (χ3v) is 4.87. The molecule has 0 aliphatic heterocycles. The van der Waals surface area contributed by atoms with E-state index in [1.165, 1.54) is 44.3 Å². The maximum atomic E-state index is 6.13. The van der Waals surface area contributed by atoms with Crippen LogP contribution in [0.15, 0.2) is 0 Å². The molecule has 2 saturated carbocycles. The normalized spacial score (nSPS) is 32.7. The van der Waals surface area contributed by atoms with E-state index in [0.29, 0.717) is 12.6 Å². The molecule has 2 aliphatic rings. The summed E-state index contributed by atoms with van der Waals surface area (Å²) in [7, 11) is 0. The van der Waals surface area contributed by atoms with Crippen LogP contribution in [0.25, 0.3) is 0 Å². The van der Waals surface area contributed by atoms with Gasteiger partial charge in [0.25, 0.3) is 0 Å². The van der Waals surface area contributed by atoms with Crippen LogP contribution in [0.1, 0.15) is 63.1 Å². The summed E-state index contributed by atoms with van der Waals surface area (Å²) in [5.41, 5.74) is 6.23. The molecule has 4 heteroatoms. The van der Waals surface area contributed by atoms with Gasteiger partial charge in [0.05, 0.1) is 0 Å². The van der Waals surface area contributed by atoms with Crippen molar-refractivity contribution < 1.29 is 0 Å². The lowest BCUT2D eigenvalue weighted by atomic mass is 9.70. The van der Waals surface area contributed by atoms with Gasteiger partial charge in [-0.25, -0.2) is 0 Å². The van der Waals surface area contributed by atoms with Crippen LogP contribution < -0.4 is 5.73 Å². The third kappa shape index (κ3) is 1.87. The van der Waals surface area contributed by atoms with Gasteiger partial charge in [0.2, 0.25) is 0 Å². The summed E-state index contributed by atoms with van der Waals surface area (Å²) in [6, 6.07) is 0.651. The van der Waals surface area contributed by atoms with Crippen molar-refractivity contribution in [3.8, 4) is 0 Å². The van der Waals surface area contributed by atoms with Gasteiger partial charge in [-0.3, -0.25) is 0 Å². The highest BCUT2D eigenvalue weighted by molar-refractivity contribution is 5.15. The predicted octanol–water partition coefficient (Wildman–Crippen LogP) is 2.33. The number of aryl methyl sites for hydroxylation is 1. The molecule has 0 radical (unpaired) electrons. The van der Waals surface area contributed by atoms with Crippen LogP contribution in [0.5, 0.6) is 0 Å². The fraction of sp³-hybridized carbons (Fsp3) is 0.857. The largest absolute Gasteiger partial charge is 0.329 e. The molecule has 0 unspecified atom stereocenters. The van der Waals surface area contributed by atoms with Gasteiger partial charge in [0.1, 0.15) is 11.6 Å². The van der Waals surface area contributed by atoms with Crippen molar-refractivity contribution in [3.05, 3.63) is 11.6 Å². The average Bonchev–Trinajstić information content (AvgIpc) is 3.14. The van der Waals surface area contributed by atoms with Crippen LogP contribution in [0.2, 0.25) is 0 Å². The second-order valence-electron chi connectivity index (χ2n) is 6.34. The molecule has 1 aromatic heterocycles. The van der Waals surface area contributed by atoms with E-state index in [9.17, 15) is 0 Å². The van der Waals surface area contributed by atoms with Crippen LogP contribution in [-0.2, 0) is 5.41 Å². The second kappa shape index (κ2) is 4.34. The van der Waals surface area contributed by atoms with Crippen LogP contribution in [0.4, 0.5) is 0 Å². The van der Waals surface area contributed by atoms with Crippen LogP contribution in [0, 0.1) is 12.8 Å². The second-order valence-corrected chi connectivity index (χ2v) is 6.34. The molecule has 3 rings (SSSR count). The van der Waals surface area contributed by atoms with Crippen molar-refractivity contribution in [3.63, 3.8) is 0 Å². The number of hydrogen-bond donors (Lipinski definition) is 1. The first-order chi connectivity index (χ1) is 8.66. The fourth-order valence-electron chi connectivity index (χ4n) is 3.33. The molecule has 100 valence electrons. The van der Waals surface area contributed by atoms with Crippen molar-refractivity contribution in [1.29, 1.82) is 0 Å². The van der Waals surface area contributed by atoms with Crippen molar-refractivity contribution in [1.82, 2.24) is 14.8 Å². The lowest BCUT2D eigenvalue weighted by Gasteiger charge is -2.38. The molecule has 0 spiro atoms. The Kier molecular flexibility index (Phi) is 2.93. The molecule has 4 nitrogen and oxygen atoms in total. The zero-order valence-corrected chi connectivity index (χ0v) is 11.5. The quantitative estimate of drug-likeness (QED) is 0.893. The zero-order chi connectivity index (χ0) is 12.8. The summed E-state index contributed by atoms with van der Waals surface area (Å²) in [4.78, 5) is 0. The van der Waals surface area contributed by atoms with E-state index in [0.717, 1.165) is 11.7 Å². The molecule has 1 heterocycles. The maximum absolute atomic E-state index is 6.13. The maximum Gasteiger partial charge on any atom is 0.140 e. The van der Waals surface area contributed by atoms with Gasteiger partial charge in [-0.2, -0.15) is 0 Å². The van der Waals surface area contributed by atoms with Gasteiger partial charge in [-0.1, -0.05) is 6.92 Å². The molecule has 0 saturated heterocycles. The van der Waals surface area contributed by atoms with Crippen molar-refractivity contribution in [2.45, 2.75) is 63.8 Å². The number of aromatic nitrogens is 3. The molecule has 0 bridgehead atoms. The molecule has 0 amide bonds. The molecular weight excluding hydrogens is 224 g/mol. The standard InChI is InChI=1S/C14H24N4/c1-10-5-7-14(9-15,8-6-10)13-17-16-11(2)18(13)12-3-4-12/h10,12H,3-9,15H2,1-2H3. The van der Waals surface area contributed by atoms with Gasteiger partial charge in [0, 0.05) is 18.0 Å². The Morgan fingerprint density at radius 2 is 1.89 bits per heavy atom. The van der Waals surface area contributed by atoms with Crippen LogP contribution in [-0.4, -0.2) is 21.3 Å². The molecule has 0 atom stereocenters. The van der Waals surface area contributed by atoms with Gasteiger partial charge in [0.15, 0.2) is 0 Å². The Bertz CT molecular complexity index is 425. The van der Waals surface area contributed by atoms with Gasteiger partial charge in [-0.05, 0) is 51.4 Å². The Labute approximate surface area is 109 Å². The monoisotopic (exact) mass is 248 g/mol. The highest BCUT2D eigenvalue weighted by Gasteiger charge is 2.41. The van der Waals surface area contributed by atoms with Crippen molar-refractivity contribution in [2.24, 2.45) is 11.7 Å². The molecular formula is C14H24N4. The lowest BCUT2D eigenvalue weighted by Crippen LogP contribution is -2.41. The molecule has 2 fully saturated rings. The van der Waals surface area contributed by atoms with E-state index in [-0.39, 0.29) is 5.41 Å². The van der Waals surface area contributed by atoms with E-state index in [1.54, 1.807) is 0 Å². The SMILES string of the molecule is Cc1nnc(C2(CN)CCC(C)CC2)n1C1CC1. The number of rotatable bonds is 3. The number of nitrogens with zero attached hydrogens (tertiary/aromatic N) is 3. The smallest absolute Gasteiger partial charge is 0.140 e. The molecule has 18 heavy (non-hydrogen) atoms. The van der Waals surface area contributed by atoms with E-state index in [1.807, 2.05) is 0 Å². The molecule has 2 N–H and O–H groups in total. The lowest BCUT2D eigenvalue weighted by molar-refractivity contribution is 0.230. The highest BCUT2D eigenvalue weighted by atomic mass is 15.3. The van der Waals surface area contributed by atoms with Gasteiger partial charge in [-0.15, -0.1) is 10.2 Å². The first kappa shape index (κ1) is 12.2. The summed E-state index contributed by atoms with van der Waals surface area (Å²) in [6.07, 6.45) is 7.46. The van der Waals surface area contributed by atoms with E-state index >= 15 is 0 Å². The van der Waals surface area contributed by atoms with Crippen molar-refractivity contribution >= 4 is 0 Å². The van der Waals surface area contributed by atoms with Gasteiger partial charge < -0.3 is 10.3 Å². The molecule has 1 aromatic rings. The Hall–Kier alpha value is -0.900. The van der Waals surface area contributed by atoms with Crippen LogP contribution >= 0.6 is 0 Å². The molecule has 2 aliphatic carbocycles. The molecule has 0 aromatic carbocycles. The average molecular weight is 248 g/mol. The summed E-state index contributed by atoms with van der Waals surface area (Å²) < 4.78 is 2.38. The zero-order valence-electron chi connectivity index (χ0n) is 11.5.